The molecule has 0 aromatic carbocycles. The molecule has 0 bridgehead atoms. The Morgan fingerprint density at radius 3 is 2.83 bits per heavy atom. The van der Waals surface area contributed by atoms with Crippen LogP contribution >= 0.6 is 23.7 Å². The van der Waals surface area contributed by atoms with Crippen LogP contribution in [0.5, 0.6) is 0 Å². The van der Waals surface area contributed by atoms with Gasteiger partial charge in [0.2, 0.25) is 5.91 Å². The Bertz CT molecular complexity index is 536. The third kappa shape index (κ3) is 4.10. The molecule has 1 aromatic rings. The van der Waals surface area contributed by atoms with Crippen LogP contribution in [0.3, 0.4) is 0 Å². The van der Waals surface area contributed by atoms with Gasteiger partial charge in [-0.25, -0.2) is 4.98 Å². The average molecular weight is 373 g/mol. The van der Waals surface area contributed by atoms with Gasteiger partial charge in [0.25, 0.3) is 0 Å². The molecule has 0 atom stereocenters. The predicted octanol–water partition coefficient (Wildman–Crippen LogP) is 3.05. The number of nitrogens with zero attached hydrogens (tertiary/aromatic N) is 3. The third-order valence-electron chi connectivity index (χ3n) is 5.29. The number of carbonyl (C=O) groups excluding carboxylic acids is 1. The second-order valence-corrected chi connectivity index (χ2v) is 7.60. The fraction of sp³-hybridized carbons (Fsp3) is 0.765. The van der Waals surface area contributed by atoms with Gasteiger partial charge in [0.1, 0.15) is 0 Å². The number of halogens is 1. The van der Waals surface area contributed by atoms with Gasteiger partial charge in [0, 0.05) is 50.6 Å². The highest BCUT2D eigenvalue weighted by atomic mass is 35.5. The van der Waals surface area contributed by atoms with E-state index in [9.17, 15) is 4.79 Å². The molecule has 3 rings (SSSR count). The molecule has 1 aliphatic heterocycles. The Balaban J connectivity index is 0.00000208. The first-order valence-electron chi connectivity index (χ1n) is 8.83. The number of hydrogen-bond acceptors (Lipinski definition) is 5. The molecule has 7 heteroatoms. The minimum Gasteiger partial charge on any atom is -0.314 e. The van der Waals surface area contributed by atoms with Gasteiger partial charge in [-0.15, -0.1) is 23.7 Å². The van der Waals surface area contributed by atoms with Gasteiger partial charge in [-0.3, -0.25) is 14.6 Å². The number of aromatic nitrogens is 1. The molecule has 2 fully saturated rings. The van der Waals surface area contributed by atoms with E-state index < -0.39 is 0 Å². The van der Waals surface area contributed by atoms with Crippen molar-refractivity contribution in [2.75, 3.05) is 31.1 Å². The molecular weight excluding hydrogens is 344 g/mol. The monoisotopic (exact) mass is 372 g/mol. The largest absolute Gasteiger partial charge is 0.314 e. The zero-order valence-corrected chi connectivity index (χ0v) is 16.3. The van der Waals surface area contributed by atoms with Crippen LogP contribution in [0.2, 0.25) is 0 Å². The van der Waals surface area contributed by atoms with Gasteiger partial charge in [-0.2, -0.15) is 0 Å². The molecule has 136 valence electrons. The van der Waals surface area contributed by atoms with E-state index in [-0.39, 0.29) is 18.3 Å². The molecular formula is C17H29ClN4OS. The molecule has 1 spiro atoms. The summed E-state index contributed by atoms with van der Waals surface area (Å²) < 4.78 is 0. The van der Waals surface area contributed by atoms with Crippen molar-refractivity contribution in [3.8, 4) is 0 Å². The van der Waals surface area contributed by atoms with Crippen LogP contribution in [-0.4, -0.2) is 47.5 Å². The van der Waals surface area contributed by atoms with Crippen molar-refractivity contribution >= 4 is 34.8 Å². The van der Waals surface area contributed by atoms with Crippen molar-refractivity contribution in [3.05, 3.63) is 11.1 Å². The highest BCUT2D eigenvalue weighted by molar-refractivity contribution is 7.14. The standard InChI is InChI=1S/C17H28N4OS.ClH/c1-3-21(14(2)22)16-19-15(12-23-16)11-20-10-9-18-13-17(20)7-5-4-6-8-17;/h12,18H,3-11,13H2,1-2H3;1H. The maximum absolute atomic E-state index is 11.7. The van der Waals surface area contributed by atoms with E-state index in [1.807, 2.05) is 6.92 Å². The van der Waals surface area contributed by atoms with E-state index in [2.05, 4.69) is 15.6 Å². The second-order valence-electron chi connectivity index (χ2n) is 6.77. The highest BCUT2D eigenvalue weighted by Gasteiger charge is 2.39. The molecule has 1 saturated carbocycles. The van der Waals surface area contributed by atoms with E-state index in [0.717, 1.165) is 37.0 Å². The molecule has 0 unspecified atom stereocenters. The van der Waals surface area contributed by atoms with Crippen LogP contribution in [0.15, 0.2) is 5.38 Å². The van der Waals surface area contributed by atoms with Gasteiger partial charge in [0.05, 0.1) is 5.69 Å². The average Bonchev–Trinajstić information content (AvgIpc) is 2.99. The van der Waals surface area contributed by atoms with E-state index in [0.29, 0.717) is 12.1 Å². The minimum absolute atomic E-state index is 0. The molecule has 0 radical (unpaired) electrons. The fourth-order valence-electron chi connectivity index (χ4n) is 4.01. The maximum Gasteiger partial charge on any atom is 0.225 e. The number of rotatable bonds is 4. The van der Waals surface area contributed by atoms with Crippen molar-refractivity contribution in [2.24, 2.45) is 0 Å². The summed E-state index contributed by atoms with van der Waals surface area (Å²) >= 11 is 1.59. The summed E-state index contributed by atoms with van der Waals surface area (Å²) in [6.45, 7) is 8.46. The molecule has 1 saturated heterocycles. The lowest BCUT2D eigenvalue weighted by molar-refractivity contribution is -0.116. The van der Waals surface area contributed by atoms with Crippen molar-refractivity contribution in [2.45, 2.75) is 58.0 Å². The number of piperazine rings is 1. The normalized spacial score (nSPS) is 20.6. The summed E-state index contributed by atoms with van der Waals surface area (Å²) in [7, 11) is 0. The van der Waals surface area contributed by atoms with Crippen LogP contribution in [0.25, 0.3) is 0 Å². The van der Waals surface area contributed by atoms with E-state index in [1.54, 1.807) is 23.2 Å². The van der Waals surface area contributed by atoms with Crippen molar-refractivity contribution in [1.82, 2.24) is 15.2 Å². The van der Waals surface area contributed by atoms with Crippen LogP contribution in [0.1, 0.15) is 51.6 Å². The molecule has 2 aliphatic rings. The number of amides is 1. The van der Waals surface area contributed by atoms with Crippen LogP contribution in [-0.2, 0) is 11.3 Å². The quantitative estimate of drug-likeness (QED) is 0.882. The molecule has 24 heavy (non-hydrogen) atoms. The first-order valence-corrected chi connectivity index (χ1v) is 9.71. The van der Waals surface area contributed by atoms with Crippen molar-refractivity contribution in [1.29, 1.82) is 0 Å². The molecule has 2 heterocycles. The van der Waals surface area contributed by atoms with Crippen molar-refractivity contribution in [3.63, 3.8) is 0 Å². The Kier molecular flexibility index (Phi) is 7.04. The Hall–Kier alpha value is -0.690. The van der Waals surface area contributed by atoms with Gasteiger partial charge >= 0.3 is 0 Å². The van der Waals surface area contributed by atoms with Gasteiger partial charge in [-0.1, -0.05) is 19.3 Å². The summed E-state index contributed by atoms with van der Waals surface area (Å²) in [4.78, 5) is 20.8. The van der Waals surface area contributed by atoms with Crippen LogP contribution in [0, 0.1) is 0 Å². The second kappa shape index (κ2) is 8.61. The van der Waals surface area contributed by atoms with Crippen LogP contribution < -0.4 is 10.2 Å². The van der Waals surface area contributed by atoms with Gasteiger partial charge < -0.3 is 5.32 Å². The Morgan fingerprint density at radius 2 is 2.17 bits per heavy atom. The molecule has 5 nitrogen and oxygen atoms in total. The first kappa shape index (κ1) is 19.6. The summed E-state index contributed by atoms with van der Waals surface area (Å²) in [6, 6.07) is 0. The first-order chi connectivity index (χ1) is 11.1. The SMILES string of the molecule is CCN(C(C)=O)c1nc(CN2CCNCC23CCCCC3)cs1.Cl. The topological polar surface area (TPSA) is 48.5 Å². The lowest BCUT2D eigenvalue weighted by atomic mass is 9.79. The summed E-state index contributed by atoms with van der Waals surface area (Å²) in [5, 5.41) is 6.56. The number of carbonyl (C=O) groups is 1. The number of anilines is 1. The van der Waals surface area contributed by atoms with E-state index >= 15 is 0 Å². The predicted molar refractivity (Wildman–Crippen MR) is 102 cm³/mol. The van der Waals surface area contributed by atoms with Gasteiger partial charge in [0.15, 0.2) is 5.13 Å². The number of thiazole rings is 1. The Labute approximate surface area is 155 Å². The number of nitrogens with one attached hydrogen (secondary N) is 1. The minimum atomic E-state index is 0. The number of hydrogen-bond donors (Lipinski definition) is 1. The van der Waals surface area contributed by atoms with Gasteiger partial charge in [-0.05, 0) is 19.8 Å². The lowest BCUT2D eigenvalue weighted by Crippen LogP contribution is -2.61. The van der Waals surface area contributed by atoms with Crippen LogP contribution in [0.4, 0.5) is 5.13 Å². The van der Waals surface area contributed by atoms with Crippen molar-refractivity contribution < 1.29 is 4.79 Å². The zero-order chi connectivity index (χ0) is 16.3. The molecule has 1 aliphatic carbocycles. The molecule has 1 amide bonds. The highest BCUT2D eigenvalue weighted by Crippen LogP contribution is 2.35. The smallest absolute Gasteiger partial charge is 0.225 e. The van der Waals surface area contributed by atoms with E-state index in [4.69, 9.17) is 4.98 Å². The molecule has 1 N–H and O–H groups in total. The van der Waals surface area contributed by atoms with E-state index in [1.165, 1.54) is 32.1 Å². The summed E-state index contributed by atoms with van der Waals surface area (Å²) in [5.74, 6) is 0.0688. The summed E-state index contributed by atoms with van der Waals surface area (Å²) in [5.41, 5.74) is 1.43. The Morgan fingerprint density at radius 1 is 1.42 bits per heavy atom. The zero-order valence-electron chi connectivity index (χ0n) is 14.7. The summed E-state index contributed by atoms with van der Waals surface area (Å²) in [6.07, 6.45) is 6.65. The molecule has 1 aromatic heterocycles. The lowest BCUT2D eigenvalue weighted by Gasteiger charge is -2.49. The maximum atomic E-state index is 11.7. The fourth-order valence-corrected chi connectivity index (χ4v) is 4.94. The third-order valence-corrected chi connectivity index (χ3v) is 6.20.